The minimum absolute atomic E-state index is 0.0717. The van der Waals surface area contributed by atoms with E-state index in [0.717, 1.165) is 6.07 Å². The van der Waals surface area contributed by atoms with Crippen molar-refractivity contribution in [3.05, 3.63) is 28.6 Å². The van der Waals surface area contributed by atoms with Crippen LogP contribution in [0.3, 0.4) is 0 Å². The SMILES string of the molecule is Cc1cc(C(=O)O)c(C(F)F)c(CBr)n1. The van der Waals surface area contributed by atoms with E-state index >= 15 is 0 Å². The van der Waals surface area contributed by atoms with Crippen LogP contribution < -0.4 is 0 Å². The van der Waals surface area contributed by atoms with Crippen LogP contribution in [-0.2, 0) is 5.33 Å². The third kappa shape index (κ3) is 2.50. The highest BCUT2D eigenvalue weighted by molar-refractivity contribution is 9.08. The van der Waals surface area contributed by atoms with Crippen LogP contribution >= 0.6 is 15.9 Å². The minimum atomic E-state index is -2.84. The van der Waals surface area contributed by atoms with Gasteiger partial charge in [-0.25, -0.2) is 13.6 Å². The molecule has 3 nitrogen and oxygen atoms in total. The van der Waals surface area contributed by atoms with Crippen LogP contribution in [0.25, 0.3) is 0 Å². The van der Waals surface area contributed by atoms with Crippen LogP contribution in [0.5, 0.6) is 0 Å². The maximum Gasteiger partial charge on any atom is 0.336 e. The number of aryl methyl sites for hydroxylation is 1. The number of hydrogen-bond donors (Lipinski definition) is 1. The van der Waals surface area contributed by atoms with Crippen LogP contribution in [0.2, 0.25) is 0 Å². The second-order valence-corrected chi connectivity index (χ2v) is 3.47. The van der Waals surface area contributed by atoms with Crippen molar-refractivity contribution in [2.24, 2.45) is 0 Å². The van der Waals surface area contributed by atoms with Crippen LogP contribution in [0.15, 0.2) is 6.07 Å². The molecule has 0 unspecified atom stereocenters. The molecule has 1 aromatic heterocycles. The number of carboxylic acids is 1. The number of nitrogens with zero attached hydrogens (tertiary/aromatic N) is 1. The van der Waals surface area contributed by atoms with Gasteiger partial charge in [0.15, 0.2) is 0 Å². The monoisotopic (exact) mass is 279 g/mol. The van der Waals surface area contributed by atoms with Gasteiger partial charge in [0.05, 0.1) is 16.8 Å². The molecule has 0 aliphatic rings. The average molecular weight is 280 g/mol. The van der Waals surface area contributed by atoms with Crippen LogP contribution in [0.1, 0.15) is 33.7 Å². The van der Waals surface area contributed by atoms with Crippen molar-refractivity contribution in [1.82, 2.24) is 4.98 Å². The van der Waals surface area contributed by atoms with E-state index in [1.54, 1.807) is 6.92 Å². The molecule has 0 saturated heterocycles. The zero-order valence-electron chi connectivity index (χ0n) is 7.80. The first-order valence-electron chi connectivity index (χ1n) is 4.05. The Balaban J connectivity index is 3.47. The summed E-state index contributed by atoms with van der Waals surface area (Å²) in [4.78, 5) is 14.6. The van der Waals surface area contributed by atoms with Crippen molar-refractivity contribution in [2.75, 3.05) is 0 Å². The van der Waals surface area contributed by atoms with Crippen molar-refractivity contribution in [3.63, 3.8) is 0 Å². The molecular formula is C9H8BrF2NO2. The van der Waals surface area contributed by atoms with Gasteiger partial charge >= 0.3 is 5.97 Å². The molecule has 1 heterocycles. The summed E-state index contributed by atoms with van der Waals surface area (Å²) in [6.45, 7) is 1.56. The van der Waals surface area contributed by atoms with Crippen molar-refractivity contribution < 1.29 is 18.7 Å². The van der Waals surface area contributed by atoms with E-state index in [4.69, 9.17) is 5.11 Å². The molecule has 15 heavy (non-hydrogen) atoms. The lowest BCUT2D eigenvalue weighted by Gasteiger charge is -2.10. The molecule has 0 saturated carbocycles. The first kappa shape index (κ1) is 12.0. The number of alkyl halides is 3. The van der Waals surface area contributed by atoms with Gasteiger partial charge < -0.3 is 5.11 Å². The highest BCUT2D eigenvalue weighted by Gasteiger charge is 2.23. The second kappa shape index (κ2) is 4.65. The molecule has 6 heteroatoms. The van der Waals surface area contributed by atoms with Gasteiger partial charge in [-0.05, 0) is 13.0 Å². The van der Waals surface area contributed by atoms with E-state index in [9.17, 15) is 13.6 Å². The Bertz CT molecular complexity index is 396. The molecule has 0 radical (unpaired) electrons. The number of aromatic carboxylic acids is 1. The molecule has 0 fully saturated rings. The number of pyridine rings is 1. The summed E-state index contributed by atoms with van der Waals surface area (Å²) in [7, 11) is 0. The summed E-state index contributed by atoms with van der Waals surface area (Å²) >= 11 is 3.01. The van der Waals surface area contributed by atoms with Gasteiger partial charge in [0.1, 0.15) is 0 Å². The lowest BCUT2D eigenvalue weighted by atomic mass is 10.1. The summed E-state index contributed by atoms with van der Waals surface area (Å²) in [5.74, 6) is -1.36. The topological polar surface area (TPSA) is 50.2 Å². The van der Waals surface area contributed by atoms with Gasteiger partial charge in [-0.1, -0.05) is 15.9 Å². The van der Waals surface area contributed by atoms with Crippen molar-refractivity contribution >= 4 is 21.9 Å². The van der Waals surface area contributed by atoms with Gasteiger partial charge in [0, 0.05) is 11.0 Å². The molecule has 0 spiro atoms. The highest BCUT2D eigenvalue weighted by atomic mass is 79.9. The van der Waals surface area contributed by atoms with E-state index in [1.165, 1.54) is 0 Å². The van der Waals surface area contributed by atoms with Gasteiger partial charge in [-0.2, -0.15) is 0 Å². The van der Waals surface area contributed by atoms with Crippen LogP contribution in [0.4, 0.5) is 8.78 Å². The number of aromatic nitrogens is 1. The standard InChI is InChI=1S/C9H8BrF2NO2/c1-4-2-5(9(14)15)7(8(11)12)6(3-10)13-4/h2,8H,3H2,1H3,(H,14,15). The van der Waals surface area contributed by atoms with E-state index < -0.39 is 18.0 Å². The third-order valence-electron chi connectivity index (χ3n) is 1.84. The second-order valence-electron chi connectivity index (χ2n) is 2.91. The Morgan fingerprint density at radius 1 is 1.67 bits per heavy atom. The molecule has 1 N–H and O–H groups in total. The fraction of sp³-hybridized carbons (Fsp3) is 0.333. The Morgan fingerprint density at radius 3 is 2.67 bits per heavy atom. The lowest BCUT2D eigenvalue weighted by molar-refractivity contribution is 0.0683. The third-order valence-corrected chi connectivity index (χ3v) is 2.37. The zero-order valence-corrected chi connectivity index (χ0v) is 9.38. The zero-order chi connectivity index (χ0) is 11.6. The van der Waals surface area contributed by atoms with E-state index in [1.807, 2.05) is 0 Å². The van der Waals surface area contributed by atoms with Crippen LogP contribution in [-0.4, -0.2) is 16.1 Å². The Labute approximate surface area is 93.3 Å². The molecule has 0 aliphatic heterocycles. The predicted octanol–water partition coefficient (Wildman–Crippen LogP) is 2.92. The van der Waals surface area contributed by atoms with Gasteiger partial charge in [-0.15, -0.1) is 0 Å². The fourth-order valence-electron chi connectivity index (χ4n) is 1.27. The smallest absolute Gasteiger partial charge is 0.336 e. The molecule has 0 aliphatic carbocycles. The predicted molar refractivity (Wildman–Crippen MR) is 53.5 cm³/mol. The molecule has 0 atom stereocenters. The Morgan fingerprint density at radius 2 is 2.27 bits per heavy atom. The fourth-order valence-corrected chi connectivity index (χ4v) is 1.70. The number of halogens is 3. The molecule has 0 aromatic carbocycles. The normalized spacial score (nSPS) is 10.7. The van der Waals surface area contributed by atoms with Crippen molar-refractivity contribution in [2.45, 2.75) is 18.7 Å². The molecule has 82 valence electrons. The number of hydrogen-bond acceptors (Lipinski definition) is 2. The van der Waals surface area contributed by atoms with Crippen molar-refractivity contribution in [1.29, 1.82) is 0 Å². The van der Waals surface area contributed by atoms with E-state index in [0.29, 0.717) is 5.69 Å². The summed E-state index contributed by atoms with van der Waals surface area (Å²) < 4.78 is 25.3. The summed E-state index contributed by atoms with van der Waals surface area (Å²) in [6, 6.07) is 1.15. The Hall–Kier alpha value is -1.04. The summed E-state index contributed by atoms with van der Waals surface area (Å²) in [5, 5.41) is 8.89. The van der Waals surface area contributed by atoms with E-state index in [2.05, 4.69) is 20.9 Å². The van der Waals surface area contributed by atoms with Crippen LogP contribution in [0, 0.1) is 6.92 Å². The largest absolute Gasteiger partial charge is 0.478 e. The maximum atomic E-state index is 12.6. The summed E-state index contributed by atoms with van der Waals surface area (Å²) in [6.07, 6.45) is -2.84. The first-order valence-corrected chi connectivity index (χ1v) is 5.17. The maximum absolute atomic E-state index is 12.6. The molecule has 1 aromatic rings. The molecule has 0 amide bonds. The molecular weight excluding hydrogens is 272 g/mol. The molecule has 0 bridgehead atoms. The lowest BCUT2D eigenvalue weighted by Crippen LogP contribution is -2.09. The Kier molecular flexibility index (Phi) is 3.73. The van der Waals surface area contributed by atoms with Gasteiger partial charge in [-0.3, -0.25) is 4.98 Å². The van der Waals surface area contributed by atoms with Crippen molar-refractivity contribution in [3.8, 4) is 0 Å². The van der Waals surface area contributed by atoms with Gasteiger partial charge in [0.25, 0.3) is 6.43 Å². The number of carboxylic acid groups (broad SMARTS) is 1. The number of carbonyl (C=O) groups is 1. The summed E-state index contributed by atoms with van der Waals surface area (Å²) in [5.41, 5.74) is -0.412. The van der Waals surface area contributed by atoms with Gasteiger partial charge in [0.2, 0.25) is 0 Å². The minimum Gasteiger partial charge on any atom is -0.478 e. The quantitative estimate of drug-likeness (QED) is 0.866. The van der Waals surface area contributed by atoms with E-state index in [-0.39, 0.29) is 16.6 Å². The first-order chi connectivity index (χ1) is 6.97. The molecule has 1 rings (SSSR count). The average Bonchev–Trinajstić information content (AvgIpc) is 2.15. The number of rotatable bonds is 3. The highest BCUT2D eigenvalue weighted by Crippen LogP contribution is 2.27.